The maximum absolute atomic E-state index is 6.03. The van der Waals surface area contributed by atoms with Crippen LogP contribution < -0.4 is 5.73 Å². The number of hydrogen-bond donors (Lipinski definition) is 1. The lowest BCUT2D eigenvalue weighted by atomic mass is 9.67. The molecular weight excluding hydrogens is 232 g/mol. The van der Waals surface area contributed by atoms with Crippen LogP contribution in [0, 0.1) is 17.3 Å². The van der Waals surface area contributed by atoms with Crippen LogP contribution in [0.25, 0.3) is 0 Å². The van der Waals surface area contributed by atoms with E-state index in [0.29, 0.717) is 23.4 Å². The lowest BCUT2D eigenvalue weighted by molar-refractivity contribution is 0.0386. The molecule has 2 heteroatoms. The molecule has 0 aromatic heterocycles. The van der Waals surface area contributed by atoms with Gasteiger partial charge in [-0.1, -0.05) is 34.1 Å². The fourth-order valence-electron chi connectivity index (χ4n) is 3.72. The molecule has 0 aliphatic heterocycles. The molecule has 0 amide bonds. The van der Waals surface area contributed by atoms with E-state index in [-0.39, 0.29) is 0 Å². The van der Waals surface area contributed by atoms with E-state index in [9.17, 15) is 0 Å². The summed E-state index contributed by atoms with van der Waals surface area (Å²) in [4.78, 5) is 2.62. The highest BCUT2D eigenvalue weighted by Crippen LogP contribution is 2.41. The summed E-state index contributed by atoms with van der Waals surface area (Å²) in [5, 5.41) is 0. The number of rotatable bonds is 5. The minimum Gasteiger partial charge on any atom is -0.330 e. The lowest BCUT2D eigenvalue weighted by Crippen LogP contribution is -2.49. The summed E-state index contributed by atoms with van der Waals surface area (Å²) in [6.45, 7) is 12.7. The van der Waals surface area contributed by atoms with Crippen molar-refractivity contribution in [2.45, 2.75) is 78.8 Å². The highest BCUT2D eigenvalue weighted by Gasteiger charge is 2.37. The molecule has 1 saturated carbocycles. The first-order valence-electron chi connectivity index (χ1n) is 8.23. The molecule has 0 aromatic rings. The van der Waals surface area contributed by atoms with E-state index >= 15 is 0 Å². The second-order valence-corrected chi connectivity index (χ2v) is 7.74. The van der Waals surface area contributed by atoms with Gasteiger partial charge < -0.3 is 10.6 Å². The van der Waals surface area contributed by atoms with Gasteiger partial charge in [-0.25, -0.2) is 0 Å². The van der Waals surface area contributed by atoms with Crippen molar-refractivity contribution >= 4 is 0 Å². The molecule has 0 saturated heterocycles. The van der Waals surface area contributed by atoms with Gasteiger partial charge in [0.2, 0.25) is 0 Å². The molecular formula is C17H36N2. The van der Waals surface area contributed by atoms with Crippen LogP contribution in [0.3, 0.4) is 0 Å². The molecule has 0 radical (unpaired) electrons. The molecule has 0 spiro atoms. The molecule has 1 rings (SSSR count). The first-order valence-corrected chi connectivity index (χ1v) is 8.23. The summed E-state index contributed by atoms with van der Waals surface area (Å²) in [7, 11) is 2.32. The first-order chi connectivity index (χ1) is 8.81. The smallest absolute Gasteiger partial charge is 0.0138 e. The zero-order chi connectivity index (χ0) is 14.6. The van der Waals surface area contributed by atoms with Crippen molar-refractivity contribution in [2.24, 2.45) is 23.0 Å². The van der Waals surface area contributed by atoms with E-state index in [1.807, 2.05) is 0 Å². The van der Waals surface area contributed by atoms with Crippen molar-refractivity contribution in [1.29, 1.82) is 0 Å². The van der Waals surface area contributed by atoms with E-state index in [4.69, 9.17) is 5.73 Å². The monoisotopic (exact) mass is 268 g/mol. The number of nitrogens with zero attached hydrogens (tertiary/aromatic N) is 1. The number of hydrogen-bond acceptors (Lipinski definition) is 2. The predicted octanol–water partition coefficient (Wildman–Crippen LogP) is 3.90. The van der Waals surface area contributed by atoms with Crippen LogP contribution >= 0.6 is 0 Å². The Bertz CT molecular complexity index is 256. The van der Waals surface area contributed by atoms with E-state index in [0.717, 1.165) is 12.5 Å². The van der Waals surface area contributed by atoms with Gasteiger partial charge in [-0.15, -0.1) is 0 Å². The molecule has 1 aliphatic carbocycles. The van der Waals surface area contributed by atoms with Crippen LogP contribution in [0.15, 0.2) is 0 Å². The van der Waals surface area contributed by atoms with Crippen molar-refractivity contribution in [1.82, 2.24) is 4.90 Å². The molecule has 1 aliphatic rings. The van der Waals surface area contributed by atoms with Crippen LogP contribution in [-0.2, 0) is 0 Å². The summed E-state index contributed by atoms with van der Waals surface area (Å²) in [5.41, 5.74) is 6.47. The van der Waals surface area contributed by atoms with Crippen molar-refractivity contribution in [2.75, 3.05) is 13.6 Å². The Balaban J connectivity index is 2.74. The van der Waals surface area contributed by atoms with Crippen LogP contribution in [0.1, 0.15) is 66.7 Å². The Kier molecular flexibility index (Phi) is 6.32. The third-order valence-corrected chi connectivity index (χ3v) is 5.41. The van der Waals surface area contributed by atoms with Gasteiger partial charge >= 0.3 is 0 Å². The first kappa shape index (κ1) is 17.0. The average molecular weight is 268 g/mol. The maximum Gasteiger partial charge on any atom is 0.0138 e. The number of nitrogens with two attached hydrogens (primary N) is 1. The highest BCUT2D eigenvalue weighted by molar-refractivity contribution is 4.91. The topological polar surface area (TPSA) is 29.3 Å². The van der Waals surface area contributed by atoms with Gasteiger partial charge in [0.05, 0.1) is 0 Å². The SMILES string of the molecule is CCCC(C)N(C)C1CC(C(C)(C)C)CCC1CN. The fraction of sp³-hybridized carbons (Fsp3) is 1.00. The minimum atomic E-state index is 0.437. The van der Waals surface area contributed by atoms with Crippen LogP contribution in [0.5, 0.6) is 0 Å². The molecule has 0 heterocycles. The summed E-state index contributed by atoms with van der Waals surface area (Å²) < 4.78 is 0. The lowest BCUT2D eigenvalue weighted by Gasteiger charge is -2.46. The summed E-state index contributed by atoms with van der Waals surface area (Å²) in [6.07, 6.45) is 6.57. The van der Waals surface area contributed by atoms with Crippen LogP contribution in [0.4, 0.5) is 0 Å². The molecule has 2 N–H and O–H groups in total. The van der Waals surface area contributed by atoms with Gasteiger partial charge in [0.25, 0.3) is 0 Å². The van der Waals surface area contributed by atoms with E-state index in [1.54, 1.807) is 0 Å². The maximum atomic E-state index is 6.03. The molecule has 114 valence electrons. The largest absolute Gasteiger partial charge is 0.330 e. The Labute approximate surface area is 121 Å². The predicted molar refractivity (Wildman–Crippen MR) is 85.3 cm³/mol. The summed E-state index contributed by atoms with van der Waals surface area (Å²) >= 11 is 0. The fourth-order valence-corrected chi connectivity index (χ4v) is 3.72. The molecule has 0 bridgehead atoms. The van der Waals surface area contributed by atoms with Crippen molar-refractivity contribution in [3.8, 4) is 0 Å². The highest BCUT2D eigenvalue weighted by atomic mass is 15.2. The Morgan fingerprint density at radius 1 is 1.26 bits per heavy atom. The van der Waals surface area contributed by atoms with Crippen LogP contribution in [-0.4, -0.2) is 30.6 Å². The molecule has 1 fully saturated rings. The van der Waals surface area contributed by atoms with Crippen LogP contribution in [0.2, 0.25) is 0 Å². The Morgan fingerprint density at radius 3 is 2.37 bits per heavy atom. The van der Waals surface area contributed by atoms with Gasteiger partial charge in [0.1, 0.15) is 0 Å². The van der Waals surface area contributed by atoms with Gasteiger partial charge in [-0.2, -0.15) is 0 Å². The van der Waals surface area contributed by atoms with Gasteiger partial charge in [-0.05, 0) is 63.5 Å². The third kappa shape index (κ3) is 4.46. The quantitative estimate of drug-likeness (QED) is 0.819. The second kappa shape index (κ2) is 7.08. The summed E-state index contributed by atoms with van der Waals surface area (Å²) in [5.74, 6) is 1.54. The zero-order valence-electron chi connectivity index (χ0n) is 14.1. The zero-order valence-corrected chi connectivity index (χ0v) is 14.1. The van der Waals surface area contributed by atoms with Crippen molar-refractivity contribution < 1.29 is 0 Å². The molecule has 4 unspecified atom stereocenters. The van der Waals surface area contributed by atoms with E-state index in [1.165, 1.54) is 32.1 Å². The molecule has 0 aromatic carbocycles. The van der Waals surface area contributed by atoms with Gasteiger partial charge in [0, 0.05) is 12.1 Å². The molecule has 19 heavy (non-hydrogen) atoms. The van der Waals surface area contributed by atoms with E-state index in [2.05, 4.69) is 46.6 Å². The Hall–Kier alpha value is -0.0800. The Morgan fingerprint density at radius 2 is 1.89 bits per heavy atom. The summed E-state index contributed by atoms with van der Waals surface area (Å²) in [6, 6.07) is 1.37. The third-order valence-electron chi connectivity index (χ3n) is 5.41. The second-order valence-electron chi connectivity index (χ2n) is 7.74. The minimum absolute atomic E-state index is 0.437. The van der Waals surface area contributed by atoms with Crippen molar-refractivity contribution in [3.63, 3.8) is 0 Å². The molecule has 2 nitrogen and oxygen atoms in total. The molecule has 4 atom stereocenters. The van der Waals surface area contributed by atoms with Crippen molar-refractivity contribution in [3.05, 3.63) is 0 Å². The average Bonchev–Trinajstić information content (AvgIpc) is 2.36. The van der Waals surface area contributed by atoms with Gasteiger partial charge in [0.15, 0.2) is 0 Å². The van der Waals surface area contributed by atoms with E-state index < -0.39 is 0 Å². The standard InChI is InChI=1S/C17H36N2/c1-7-8-13(2)19(6)16-11-15(17(3,4)5)10-9-14(16)12-18/h13-16H,7-12,18H2,1-6H3. The van der Waals surface area contributed by atoms with Gasteiger partial charge in [-0.3, -0.25) is 0 Å². The normalized spacial score (nSPS) is 30.6.